The molecule has 1 N–H and O–H groups in total. The second-order valence-corrected chi connectivity index (χ2v) is 7.16. The van der Waals surface area contributed by atoms with Crippen molar-refractivity contribution in [1.29, 1.82) is 0 Å². The Balaban J connectivity index is 2.29. The van der Waals surface area contributed by atoms with Gasteiger partial charge in [0.2, 0.25) is 0 Å². The molecule has 0 aliphatic carbocycles. The molecule has 0 spiro atoms. The molecule has 1 aromatic carbocycles. The number of benzene rings is 1. The zero-order valence-corrected chi connectivity index (χ0v) is 14.4. The molecule has 118 valence electrons. The minimum atomic E-state index is 0.0984. The van der Waals surface area contributed by atoms with Gasteiger partial charge in [-0.3, -0.25) is 4.90 Å². The Labute approximate surface area is 130 Å². The van der Waals surface area contributed by atoms with Crippen LogP contribution in [0.25, 0.3) is 0 Å². The van der Waals surface area contributed by atoms with Gasteiger partial charge in [0.1, 0.15) is 0 Å². The van der Waals surface area contributed by atoms with Crippen molar-refractivity contribution in [2.75, 3.05) is 13.1 Å². The fourth-order valence-corrected chi connectivity index (χ4v) is 3.66. The Morgan fingerprint density at radius 2 is 1.90 bits per heavy atom. The third-order valence-electron chi connectivity index (χ3n) is 5.17. The predicted molar refractivity (Wildman–Crippen MR) is 91.5 cm³/mol. The SMILES string of the molecule is CCCC(C)N1CC(C(C)C)NCC1(C)c1ccccc1. The topological polar surface area (TPSA) is 15.3 Å². The Morgan fingerprint density at radius 3 is 2.48 bits per heavy atom. The summed E-state index contributed by atoms with van der Waals surface area (Å²) in [5.41, 5.74) is 1.53. The third-order valence-corrected chi connectivity index (χ3v) is 5.17. The van der Waals surface area contributed by atoms with Gasteiger partial charge in [-0.2, -0.15) is 0 Å². The van der Waals surface area contributed by atoms with Crippen LogP contribution in [0.5, 0.6) is 0 Å². The summed E-state index contributed by atoms with van der Waals surface area (Å²) in [6.07, 6.45) is 2.52. The first kappa shape index (κ1) is 16.5. The van der Waals surface area contributed by atoms with Crippen LogP contribution >= 0.6 is 0 Å². The summed E-state index contributed by atoms with van der Waals surface area (Å²) in [4.78, 5) is 2.74. The van der Waals surface area contributed by atoms with E-state index >= 15 is 0 Å². The molecule has 1 heterocycles. The maximum Gasteiger partial charge on any atom is 0.0560 e. The summed E-state index contributed by atoms with van der Waals surface area (Å²) in [6.45, 7) is 13.9. The van der Waals surface area contributed by atoms with Crippen LogP contribution in [-0.4, -0.2) is 30.1 Å². The number of hydrogen-bond acceptors (Lipinski definition) is 2. The maximum absolute atomic E-state index is 3.79. The highest BCUT2D eigenvalue weighted by Crippen LogP contribution is 2.34. The van der Waals surface area contributed by atoms with Gasteiger partial charge in [0.05, 0.1) is 5.54 Å². The molecule has 2 rings (SSSR count). The third kappa shape index (κ3) is 3.49. The van der Waals surface area contributed by atoms with Crippen LogP contribution < -0.4 is 5.32 Å². The van der Waals surface area contributed by atoms with Crippen molar-refractivity contribution in [2.45, 2.75) is 65.1 Å². The lowest BCUT2D eigenvalue weighted by molar-refractivity contribution is 0.00418. The first-order valence-electron chi connectivity index (χ1n) is 8.54. The molecule has 21 heavy (non-hydrogen) atoms. The number of rotatable bonds is 5. The molecular formula is C19H32N2. The molecule has 0 radical (unpaired) electrons. The summed E-state index contributed by atoms with van der Waals surface area (Å²) < 4.78 is 0. The van der Waals surface area contributed by atoms with E-state index in [0.717, 1.165) is 13.1 Å². The van der Waals surface area contributed by atoms with Crippen LogP contribution in [0.4, 0.5) is 0 Å². The van der Waals surface area contributed by atoms with Gasteiger partial charge in [-0.05, 0) is 31.7 Å². The van der Waals surface area contributed by atoms with Crippen LogP contribution in [0.1, 0.15) is 53.0 Å². The van der Waals surface area contributed by atoms with E-state index in [1.165, 1.54) is 18.4 Å². The summed E-state index contributed by atoms with van der Waals surface area (Å²) in [5, 5.41) is 3.79. The van der Waals surface area contributed by atoms with Gasteiger partial charge in [-0.25, -0.2) is 0 Å². The van der Waals surface area contributed by atoms with Crippen molar-refractivity contribution in [3.63, 3.8) is 0 Å². The molecule has 3 unspecified atom stereocenters. The number of nitrogens with one attached hydrogen (secondary N) is 1. The average Bonchev–Trinajstić information content (AvgIpc) is 2.48. The number of piperazine rings is 1. The van der Waals surface area contributed by atoms with Crippen LogP contribution in [0.15, 0.2) is 30.3 Å². The standard InChI is InChI=1S/C19H32N2/c1-6-10-16(4)21-13-18(15(2)3)20-14-19(21,5)17-11-8-7-9-12-17/h7-9,11-12,15-16,18,20H,6,10,13-14H2,1-5H3. The van der Waals surface area contributed by atoms with E-state index in [1.54, 1.807) is 0 Å². The summed E-state index contributed by atoms with van der Waals surface area (Å²) in [7, 11) is 0. The second kappa shape index (κ2) is 6.93. The van der Waals surface area contributed by atoms with Crippen LogP contribution in [0, 0.1) is 5.92 Å². The smallest absolute Gasteiger partial charge is 0.0560 e. The van der Waals surface area contributed by atoms with Crippen LogP contribution in [0.2, 0.25) is 0 Å². The van der Waals surface area contributed by atoms with E-state index < -0.39 is 0 Å². The Hall–Kier alpha value is -0.860. The maximum atomic E-state index is 3.79. The average molecular weight is 288 g/mol. The van der Waals surface area contributed by atoms with Crippen molar-refractivity contribution in [3.05, 3.63) is 35.9 Å². The van der Waals surface area contributed by atoms with Crippen molar-refractivity contribution in [3.8, 4) is 0 Å². The highest BCUT2D eigenvalue weighted by atomic mass is 15.3. The molecule has 1 aliphatic heterocycles. The normalized spacial score (nSPS) is 28.8. The van der Waals surface area contributed by atoms with Gasteiger partial charge in [-0.1, -0.05) is 57.5 Å². The van der Waals surface area contributed by atoms with Crippen molar-refractivity contribution >= 4 is 0 Å². The molecule has 1 saturated heterocycles. The Kier molecular flexibility index (Phi) is 5.45. The number of hydrogen-bond donors (Lipinski definition) is 1. The van der Waals surface area contributed by atoms with E-state index in [4.69, 9.17) is 0 Å². The van der Waals surface area contributed by atoms with Gasteiger partial charge in [0, 0.05) is 25.2 Å². The van der Waals surface area contributed by atoms with Gasteiger partial charge >= 0.3 is 0 Å². The van der Waals surface area contributed by atoms with Crippen LogP contribution in [-0.2, 0) is 5.54 Å². The lowest BCUT2D eigenvalue weighted by atomic mass is 9.83. The van der Waals surface area contributed by atoms with E-state index in [2.05, 4.69) is 75.2 Å². The van der Waals surface area contributed by atoms with Crippen LogP contribution in [0.3, 0.4) is 0 Å². The molecule has 0 amide bonds. The molecule has 1 aliphatic rings. The molecule has 2 nitrogen and oxygen atoms in total. The lowest BCUT2D eigenvalue weighted by Gasteiger charge is -2.52. The molecule has 0 aromatic heterocycles. The van der Waals surface area contributed by atoms with Crippen molar-refractivity contribution in [1.82, 2.24) is 10.2 Å². The van der Waals surface area contributed by atoms with Gasteiger partial charge in [0.15, 0.2) is 0 Å². The zero-order valence-electron chi connectivity index (χ0n) is 14.4. The first-order chi connectivity index (χ1) is 9.99. The Bertz CT molecular complexity index is 428. The summed E-state index contributed by atoms with van der Waals surface area (Å²) >= 11 is 0. The quantitative estimate of drug-likeness (QED) is 0.880. The Morgan fingerprint density at radius 1 is 1.24 bits per heavy atom. The van der Waals surface area contributed by atoms with Gasteiger partial charge in [-0.15, -0.1) is 0 Å². The van der Waals surface area contributed by atoms with Crippen molar-refractivity contribution < 1.29 is 0 Å². The molecule has 3 atom stereocenters. The van der Waals surface area contributed by atoms with Gasteiger partial charge in [0.25, 0.3) is 0 Å². The molecule has 0 bridgehead atoms. The second-order valence-electron chi connectivity index (χ2n) is 7.16. The predicted octanol–water partition coefficient (Wildman–Crippen LogP) is 4.02. The minimum Gasteiger partial charge on any atom is -0.310 e. The molecule has 2 heteroatoms. The molecule has 0 saturated carbocycles. The molecule has 1 aromatic rings. The zero-order chi connectivity index (χ0) is 15.5. The fourth-order valence-electron chi connectivity index (χ4n) is 3.66. The first-order valence-corrected chi connectivity index (χ1v) is 8.54. The number of nitrogens with zero attached hydrogens (tertiary/aromatic N) is 1. The highest BCUT2D eigenvalue weighted by molar-refractivity contribution is 5.26. The van der Waals surface area contributed by atoms with E-state index in [0.29, 0.717) is 18.0 Å². The summed E-state index contributed by atoms with van der Waals surface area (Å²) in [5.74, 6) is 0.682. The minimum absolute atomic E-state index is 0.0984. The lowest BCUT2D eigenvalue weighted by Crippen LogP contribution is -2.64. The van der Waals surface area contributed by atoms with E-state index in [9.17, 15) is 0 Å². The summed E-state index contributed by atoms with van der Waals surface area (Å²) in [6, 6.07) is 12.2. The highest BCUT2D eigenvalue weighted by Gasteiger charge is 2.41. The molecule has 1 fully saturated rings. The van der Waals surface area contributed by atoms with Gasteiger partial charge < -0.3 is 5.32 Å². The molecular weight excluding hydrogens is 256 g/mol. The fraction of sp³-hybridized carbons (Fsp3) is 0.684. The monoisotopic (exact) mass is 288 g/mol. The van der Waals surface area contributed by atoms with E-state index in [-0.39, 0.29) is 5.54 Å². The van der Waals surface area contributed by atoms with Crippen molar-refractivity contribution in [2.24, 2.45) is 5.92 Å². The largest absolute Gasteiger partial charge is 0.310 e. The van der Waals surface area contributed by atoms with E-state index in [1.807, 2.05) is 0 Å².